The van der Waals surface area contributed by atoms with Gasteiger partial charge >= 0.3 is 117 Å². The molecule has 0 heterocycles. The summed E-state index contributed by atoms with van der Waals surface area (Å²) < 4.78 is 0. The topological polar surface area (TPSA) is 0 Å². The fourth-order valence-corrected chi connectivity index (χ4v) is 13.9. The molecule has 1 aromatic carbocycles. The average Bonchev–Trinajstić information content (AvgIpc) is 2.42. The predicted molar refractivity (Wildman–Crippen MR) is 89.9 cm³/mol. The van der Waals surface area contributed by atoms with Gasteiger partial charge in [0.05, 0.1) is 0 Å². The van der Waals surface area contributed by atoms with E-state index >= 15 is 0 Å². The van der Waals surface area contributed by atoms with Crippen molar-refractivity contribution in [2.45, 2.75) is 49.6 Å². The molecule has 1 rings (SSSR count). The van der Waals surface area contributed by atoms with Gasteiger partial charge in [0.25, 0.3) is 0 Å². The minimum atomic E-state index is -1.64. The van der Waals surface area contributed by atoms with Crippen molar-refractivity contribution in [3.8, 4) is 0 Å². The Bertz CT molecular complexity index is 369. The first-order chi connectivity index (χ1) is 8.49. The Balaban J connectivity index is 2.95. The van der Waals surface area contributed by atoms with Gasteiger partial charge in [-0.15, -0.1) is 0 Å². The molecule has 0 spiro atoms. The predicted octanol–water partition coefficient (Wildman–Crippen LogP) is 4.75. The molecule has 0 aliphatic rings. The fourth-order valence-electron chi connectivity index (χ4n) is 2.45. The molecule has 0 fully saturated rings. The molecule has 0 atom stereocenters. The molecule has 0 saturated carbocycles. The van der Waals surface area contributed by atoms with Crippen molar-refractivity contribution in [1.29, 1.82) is 0 Å². The summed E-state index contributed by atoms with van der Waals surface area (Å²) >= 11 is -1.64. The second kappa shape index (κ2) is 6.76. The molecule has 0 amide bonds. The summed E-state index contributed by atoms with van der Waals surface area (Å²) in [4.78, 5) is 2.71. The Labute approximate surface area is 117 Å². The third-order valence-electron chi connectivity index (χ3n) is 4.48. The zero-order valence-electron chi connectivity index (χ0n) is 12.7. The molecule has 0 unspecified atom stereocenters. The van der Waals surface area contributed by atoms with Crippen LogP contribution >= 0.6 is 0 Å². The van der Waals surface area contributed by atoms with Crippen LogP contribution in [0.5, 0.6) is 0 Å². The maximum absolute atomic E-state index is 2.71. The average molecular weight is 321 g/mol. The quantitative estimate of drug-likeness (QED) is 0.664. The van der Waals surface area contributed by atoms with Crippen LogP contribution in [0.1, 0.15) is 20.8 Å². The van der Waals surface area contributed by atoms with Gasteiger partial charge in [-0.3, -0.25) is 0 Å². The molecule has 0 radical (unpaired) electrons. The molecule has 0 aliphatic carbocycles. The monoisotopic (exact) mass is 322 g/mol. The molecule has 0 nitrogen and oxygen atoms in total. The van der Waals surface area contributed by atoms with E-state index < -0.39 is 21.3 Å². The van der Waals surface area contributed by atoms with Crippen molar-refractivity contribution in [2.75, 3.05) is 0 Å². The minimum absolute atomic E-state index is 1.37. The van der Waals surface area contributed by atoms with Gasteiger partial charge in [0.2, 0.25) is 0 Å². The molecular formula is C16H28GeSi. The molecule has 0 saturated heterocycles. The standard InChI is InChI=1S/C16H28GeSi/c1-6-17(7-2,8-3)14-15-18(4,5)16-12-10-9-11-13-16/h9-15H,6-8H2,1-5H3/b15-14-. The van der Waals surface area contributed by atoms with E-state index in [4.69, 9.17) is 0 Å². The summed E-state index contributed by atoms with van der Waals surface area (Å²) in [6.45, 7) is 12.1. The van der Waals surface area contributed by atoms with Crippen molar-refractivity contribution in [3.05, 3.63) is 40.9 Å². The van der Waals surface area contributed by atoms with Crippen LogP contribution < -0.4 is 5.19 Å². The van der Waals surface area contributed by atoms with Crippen LogP contribution in [-0.2, 0) is 0 Å². The maximum atomic E-state index is 2.71. The SMILES string of the molecule is C[CH2][Ge](/[CH]=C\[Si](C)(C)c1ccccc1)([CH2]C)[CH2]C. The molecule has 1 aromatic rings. The van der Waals surface area contributed by atoms with Gasteiger partial charge in [-0.2, -0.15) is 0 Å². The Morgan fingerprint density at radius 3 is 1.89 bits per heavy atom. The van der Waals surface area contributed by atoms with Crippen LogP contribution in [0.3, 0.4) is 0 Å². The van der Waals surface area contributed by atoms with E-state index in [1.807, 2.05) is 0 Å². The Morgan fingerprint density at radius 1 is 0.944 bits per heavy atom. The van der Waals surface area contributed by atoms with E-state index in [-0.39, 0.29) is 0 Å². The Hall–Kier alpha value is -0.280. The number of hydrogen-bond donors (Lipinski definition) is 0. The van der Waals surface area contributed by atoms with E-state index in [1.54, 1.807) is 5.19 Å². The van der Waals surface area contributed by atoms with Gasteiger partial charge < -0.3 is 0 Å². The first kappa shape index (κ1) is 15.8. The molecule has 0 aromatic heterocycles. The number of benzene rings is 1. The summed E-state index contributed by atoms with van der Waals surface area (Å²) in [6, 6.07) is 11.1. The van der Waals surface area contributed by atoms with Gasteiger partial charge in [-0.1, -0.05) is 0 Å². The van der Waals surface area contributed by atoms with Crippen LogP contribution in [0.15, 0.2) is 40.9 Å². The second-order valence-electron chi connectivity index (χ2n) is 5.84. The molecule has 2 heteroatoms. The van der Waals surface area contributed by atoms with Crippen LogP contribution in [0, 0.1) is 0 Å². The van der Waals surface area contributed by atoms with Gasteiger partial charge in [-0.05, 0) is 0 Å². The molecule has 18 heavy (non-hydrogen) atoms. The third kappa shape index (κ3) is 3.86. The summed E-state index contributed by atoms with van der Waals surface area (Å²) in [5.74, 6) is 0. The summed E-state index contributed by atoms with van der Waals surface area (Å²) in [5.41, 5.74) is 2.62. The summed E-state index contributed by atoms with van der Waals surface area (Å²) in [7, 11) is -1.37. The number of hydrogen-bond acceptors (Lipinski definition) is 0. The van der Waals surface area contributed by atoms with Crippen molar-refractivity contribution in [3.63, 3.8) is 0 Å². The van der Waals surface area contributed by atoms with E-state index in [0.717, 1.165) is 0 Å². The molecule has 0 N–H and O–H groups in total. The molecule has 100 valence electrons. The summed E-state index contributed by atoms with van der Waals surface area (Å²) in [5, 5.41) is 5.86. The first-order valence-corrected chi connectivity index (χ1v) is 16.0. The normalized spacial score (nSPS) is 13.2. The van der Waals surface area contributed by atoms with Crippen molar-refractivity contribution < 1.29 is 0 Å². The van der Waals surface area contributed by atoms with Crippen LogP contribution in [0.4, 0.5) is 0 Å². The molecule has 0 bridgehead atoms. The van der Waals surface area contributed by atoms with E-state index in [2.05, 4.69) is 74.8 Å². The van der Waals surface area contributed by atoms with Gasteiger partial charge in [0.15, 0.2) is 0 Å². The van der Waals surface area contributed by atoms with Gasteiger partial charge in [0, 0.05) is 0 Å². The fraction of sp³-hybridized carbons (Fsp3) is 0.500. The van der Waals surface area contributed by atoms with Crippen LogP contribution in [0.25, 0.3) is 0 Å². The zero-order valence-corrected chi connectivity index (χ0v) is 15.8. The molecular weight excluding hydrogens is 293 g/mol. The van der Waals surface area contributed by atoms with Gasteiger partial charge in [0.1, 0.15) is 0 Å². The van der Waals surface area contributed by atoms with E-state index in [0.29, 0.717) is 0 Å². The second-order valence-corrected chi connectivity index (χ2v) is 21.1. The summed E-state index contributed by atoms with van der Waals surface area (Å²) in [6.07, 6.45) is 0. The van der Waals surface area contributed by atoms with Crippen molar-refractivity contribution >= 4 is 26.5 Å². The zero-order chi connectivity index (χ0) is 13.6. The van der Waals surface area contributed by atoms with Gasteiger partial charge in [-0.25, -0.2) is 0 Å². The van der Waals surface area contributed by atoms with Crippen molar-refractivity contribution in [2.24, 2.45) is 0 Å². The van der Waals surface area contributed by atoms with Crippen LogP contribution in [-0.4, -0.2) is 21.3 Å². The Morgan fingerprint density at radius 2 is 1.44 bits per heavy atom. The Kier molecular flexibility index (Phi) is 5.93. The first-order valence-electron chi connectivity index (χ1n) is 7.25. The van der Waals surface area contributed by atoms with E-state index in [9.17, 15) is 0 Å². The van der Waals surface area contributed by atoms with E-state index in [1.165, 1.54) is 15.8 Å². The molecule has 0 aliphatic heterocycles. The van der Waals surface area contributed by atoms with Crippen molar-refractivity contribution in [1.82, 2.24) is 0 Å². The van der Waals surface area contributed by atoms with Crippen LogP contribution in [0.2, 0.25) is 28.9 Å². The third-order valence-corrected chi connectivity index (χ3v) is 18.7. The number of rotatable bonds is 6.